The zero-order valence-corrected chi connectivity index (χ0v) is 23.5. The molecule has 2 N–H and O–H groups in total. The molecule has 41 heavy (non-hydrogen) atoms. The van der Waals surface area contributed by atoms with Gasteiger partial charge in [-0.05, 0) is 56.7 Å². The lowest BCUT2D eigenvalue weighted by atomic mass is 10.0. The maximum absolute atomic E-state index is 15.1. The molecule has 2 aromatic heterocycles. The van der Waals surface area contributed by atoms with Gasteiger partial charge in [0.05, 0.1) is 6.04 Å². The van der Waals surface area contributed by atoms with Crippen molar-refractivity contribution in [2.75, 3.05) is 43.9 Å². The summed E-state index contributed by atoms with van der Waals surface area (Å²) in [6, 6.07) is 8.73. The van der Waals surface area contributed by atoms with Gasteiger partial charge >= 0.3 is 12.1 Å². The number of halogens is 1. The standard InChI is InChI=1S/C29H35FN8O3/c1-17-4-5-18-12-25(32-14-19(18)10-17)34-28(39)37(3)24-16-38(9-7-22(24)30)27-31-8-6-26(35-27)41-29(40)33-23-13-21-11-20(23)15-36(21)2/h4-6,8,10,12,14,20-24H,7,9,11,13,15-16H2,1-3H3,(H,33,40)(H,32,34,39)/t20-,21-,22+,23+,24-/m0/s1. The summed E-state index contributed by atoms with van der Waals surface area (Å²) in [7, 11) is 3.68. The first kappa shape index (κ1) is 27.1. The van der Waals surface area contributed by atoms with Crippen LogP contribution in [0, 0.1) is 12.8 Å². The van der Waals surface area contributed by atoms with Crippen molar-refractivity contribution in [2.24, 2.45) is 5.92 Å². The maximum atomic E-state index is 15.1. The average molecular weight is 563 g/mol. The third-order valence-electron chi connectivity index (χ3n) is 8.65. The molecular formula is C29H35FN8O3. The summed E-state index contributed by atoms with van der Waals surface area (Å²) >= 11 is 0. The zero-order chi connectivity index (χ0) is 28.7. The van der Waals surface area contributed by atoms with Crippen LogP contribution in [0.1, 0.15) is 24.8 Å². The molecule has 1 aromatic carbocycles. The lowest BCUT2D eigenvalue weighted by molar-refractivity contribution is 0.133. The maximum Gasteiger partial charge on any atom is 0.414 e. The number of amides is 3. The van der Waals surface area contributed by atoms with Gasteiger partial charge in [0.25, 0.3) is 0 Å². The number of likely N-dealkylation sites (tertiary alicyclic amines) is 1. The summed E-state index contributed by atoms with van der Waals surface area (Å²) in [4.78, 5) is 44.2. The molecule has 0 unspecified atom stereocenters. The number of carbonyl (C=O) groups excluding carboxylic acids is 2. The average Bonchev–Trinajstić information content (AvgIpc) is 3.52. The molecule has 0 radical (unpaired) electrons. The van der Waals surface area contributed by atoms with Gasteiger partial charge in [0.15, 0.2) is 0 Å². The molecule has 5 atom stereocenters. The largest absolute Gasteiger partial charge is 0.414 e. The van der Waals surface area contributed by atoms with Crippen molar-refractivity contribution in [2.45, 2.75) is 50.5 Å². The summed E-state index contributed by atoms with van der Waals surface area (Å²) in [5.41, 5.74) is 1.12. The van der Waals surface area contributed by atoms with E-state index in [2.05, 4.69) is 37.5 Å². The Bertz CT molecular complexity index is 1450. The molecule has 4 heterocycles. The number of ether oxygens (including phenoxy) is 1. The van der Waals surface area contributed by atoms with Crippen molar-refractivity contribution in [3.8, 4) is 5.88 Å². The highest BCUT2D eigenvalue weighted by molar-refractivity contribution is 5.92. The second-order valence-electron chi connectivity index (χ2n) is 11.4. The summed E-state index contributed by atoms with van der Waals surface area (Å²) in [5, 5.41) is 7.70. The molecular weight excluding hydrogens is 527 g/mol. The Hall–Kier alpha value is -4.06. The minimum absolute atomic E-state index is 0.102. The zero-order valence-electron chi connectivity index (χ0n) is 23.5. The van der Waals surface area contributed by atoms with E-state index in [1.165, 1.54) is 17.2 Å². The highest BCUT2D eigenvalue weighted by Gasteiger charge is 2.43. The summed E-state index contributed by atoms with van der Waals surface area (Å²) in [6.07, 6.45) is 3.67. The molecule has 6 rings (SSSR count). The minimum Gasteiger partial charge on any atom is -0.391 e. The first-order valence-corrected chi connectivity index (χ1v) is 14.0. The molecule has 216 valence electrons. The van der Waals surface area contributed by atoms with Gasteiger partial charge in [0, 0.05) is 62.6 Å². The third-order valence-corrected chi connectivity index (χ3v) is 8.65. The van der Waals surface area contributed by atoms with Crippen LogP contribution in [0.25, 0.3) is 10.8 Å². The van der Waals surface area contributed by atoms with E-state index in [9.17, 15) is 9.59 Å². The number of hydrogen-bond acceptors (Lipinski definition) is 8. The molecule has 2 bridgehead atoms. The van der Waals surface area contributed by atoms with Gasteiger partial charge in [-0.2, -0.15) is 4.98 Å². The molecule has 1 saturated carbocycles. The van der Waals surface area contributed by atoms with Crippen molar-refractivity contribution in [3.05, 3.63) is 48.3 Å². The van der Waals surface area contributed by atoms with E-state index in [1.807, 2.05) is 25.1 Å². The highest BCUT2D eigenvalue weighted by atomic mass is 19.1. The van der Waals surface area contributed by atoms with Gasteiger partial charge < -0.3 is 24.8 Å². The number of pyridine rings is 1. The monoisotopic (exact) mass is 562 g/mol. The number of rotatable bonds is 5. The first-order chi connectivity index (χ1) is 19.7. The van der Waals surface area contributed by atoms with Crippen LogP contribution in [0.2, 0.25) is 0 Å². The normalized spacial score (nSPS) is 25.8. The molecule has 3 fully saturated rings. The number of benzene rings is 1. The van der Waals surface area contributed by atoms with Crippen LogP contribution in [-0.4, -0.2) is 94.9 Å². The van der Waals surface area contributed by atoms with E-state index < -0.39 is 24.3 Å². The third kappa shape index (κ3) is 5.74. The smallest absolute Gasteiger partial charge is 0.391 e. The summed E-state index contributed by atoms with van der Waals surface area (Å²) in [6.45, 7) is 3.54. The number of urea groups is 1. The van der Waals surface area contributed by atoms with Gasteiger partial charge in [-0.25, -0.2) is 23.9 Å². The number of nitrogens with zero attached hydrogens (tertiary/aromatic N) is 6. The quantitative estimate of drug-likeness (QED) is 0.485. The molecule has 3 aromatic rings. The lowest BCUT2D eigenvalue weighted by Gasteiger charge is -2.39. The second kappa shape index (κ2) is 11.1. The minimum atomic E-state index is -1.22. The Kier molecular flexibility index (Phi) is 7.33. The number of carbonyl (C=O) groups is 2. The predicted molar refractivity (Wildman–Crippen MR) is 153 cm³/mol. The van der Waals surface area contributed by atoms with Crippen LogP contribution >= 0.6 is 0 Å². The highest BCUT2D eigenvalue weighted by Crippen LogP contribution is 2.36. The lowest BCUT2D eigenvalue weighted by Crippen LogP contribution is -2.55. The number of anilines is 2. The van der Waals surface area contributed by atoms with Gasteiger partial charge in [0.1, 0.15) is 12.0 Å². The Morgan fingerprint density at radius 1 is 1.12 bits per heavy atom. The van der Waals surface area contributed by atoms with Crippen LogP contribution < -0.4 is 20.3 Å². The molecule has 0 spiro atoms. The Labute approximate surface area is 238 Å². The number of aryl methyl sites for hydroxylation is 1. The first-order valence-electron chi connectivity index (χ1n) is 14.0. The molecule has 3 amide bonds. The predicted octanol–water partition coefficient (Wildman–Crippen LogP) is 3.59. The van der Waals surface area contributed by atoms with Gasteiger partial charge in [-0.1, -0.05) is 17.7 Å². The summed E-state index contributed by atoms with van der Waals surface area (Å²) in [5.74, 6) is 1.27. The Morgan fingerprint density at radius 2 is 1.98 bits per heavy atom. The van der Waals surface area contributed by atoms with E-state index in [0.717, 1.165) is 35.7 Å². The number of nitrogens with one attached hydrogen (secondary N) is 2. The second-order valence-corrected chi connectivity index (χ2v) is 11.4. The van der Waals surface area contributed by atoms with E-state index in [-0.39, 0.29) is 24.9 Å². The summed E-state index contributed by atoms with van der Waals surface area (Å²) < 4.78 is 20.6. The van der Waals surface area contributed by atoms with Gasteiger partial charge in [-0.15, -0.1) is 0 Å². The van der Waals surface area contributed by atoms with Crippen LogP contribution in [0.4, 0.5) is 25.7 Å². The van der Waals surface area contributed by atoms with Crippen molar-refractivity contribution in [1.29, 1.82) is 0 Å². The van der Waals surface area contributed by atoms with E-state index >= 15 is 4.39 Å². The molecule has 2 saturated heterocycles. The fourth-order valence-electron chi connectivity index (χ4n) is 6.30. The Morgan fingerprint density at radius 3 is 2.76 bits per heavy atom. The number of piperidine rings is 2. The van der Waals surface area contributed by atoms with Crippen molar-refractivity contribution < 1.29 is 18.7 Å². The van der Waals surface area contributed by atoms with E-state index in [0.29, 0.717) is 30.3 Å². The number of hydrogen-bond donors (Lipinski definition) is 2. The van der Waals surface area contributed by atoms with Crippen LogP contribution in [-0.2, 0) is 0 Å². The fourth-order valence-corrected chi connectivity index (χ4v) is 6.30. The van der Waals surface area contributed by atoms with Gasteiger partial charge in [0.2, 0.25) is 11.8 Å². The van der Waals surface area contributed by atoms with Crippen LogP contribution in [0.5, 0.6) is 5.88 Å². The van der Waals surface area contributed by atoms with Crippen LogP contribution in [0.15, 0.2) is 42.7 Å². The number of alkyl halides is 1. The van der Waals surface area contributed by atoms with Crippen molar-refractivity contribution >= 4 is 34.7 Å². The topological polar surface area (TPSA) is 116 Å². The molecule has 1 aliphatic carbocycles. The molecule has 11 nitrogen and oxygen atoms in total. The van der Waals surface area contributed by atoms with E-state index in [4.69, 9.17) is 4.74 Å². The van der Waals surface area contributed by atoms with Crippen molar-refractivity contribution in [1.82, 2.24) is 30.1 Å². The van der Waals surface area contributed by atoms with Crippen molar-refractivity contribution in [3.63, 3.8) is 0 Å². The SMILES string of the molecule is Cc1ccc2cc(NC(=O)N(C)[C@H]3CN(c4nccc(OC(=O)N[C@@H]5C[C@@H]6C[C@H]5CN6C)n4)CC[C@H]3F)ncc2c1. The number of aromatic nitrogens is 3. The number of fused-ring (bicyclic) bond motifs is 3. The van der Waals surface area contributed by atoms with Gasteiger partial charge in [-0.3, -0.25) is 5.32 Å². The Balaban J connectivity index is 1.07. The molecule has 2 aliphatic heterocycles. The van der Waals surface area contributed by atoms with E-state index in [1.54, 1.807) is 24.2 Å². The number of likely N-dealkylation sites (N-methyl/N-ethyl adjacent to an activating group) is 1. The van der Waals surface area contributed by atoms with Crippen LogP contribution in [0.3, 0.4) is 0 Å². The molecule has 3 aliphatic rings. The molecule has 12 heteroatoms. The fraction of sp³-hybridized carbons (Fsp3) is 0.483.